The molecule has 1 heterocycles. The lowest BCUT2D eigenvalue weighted by atomic mass is 9.89. The maximum absolute atomic E-state index is 11.7. The van der Waals surface area contributed by atoms with E-state index in [1.807, 2.05) is 0 Å². The smallest absolute Gasteiger partial charge is 0.222 e. The van der Waals surface area contributed by atoms with Crippen LogP contribution in [0.1, 0.15) is 52.4 Å². The quantitative estimate of drug-likeness (QED) is 0.753. The molecule has 0 bridgehead atoms. The number of hydrogen-bond donors (Lipinski definition) is 0. The van der Waals surface area contributed by atoms with Gasteiger partial charge in [-0.2, -0.15) is 0 Å². The Hall–Kier alpha value is -0.570. The average Bonchev–Trinajstić information content (AvgIpc) is 2.74. The number of hydrogen-bond acceptors (Lipinski definition) is 2. The average molecular weight is 238 g/mol. The number of likely N-dealkylation sites (tertiary alicyclic amines) is 1. The Morgan fingerprint density at radius 1 is 1.24 bits per heavy atom. The van der Waals surface area contributed by atoms with Crippen molar-refractivity contribution in [3.8, 4) is 0 Å². The van der Waals surface area contributed by atoms with Gasteiger partial charge in [-0.15, -0.1) is 0 Å². The number of rotatable bonds is 3. The Kier molecular flexibility index (Phi) is 4.08. The molecular formula is C14H26N2O. The summed E-state index contributed by atoms with van der Waals surface area (Å²) in [5.41, 5.74) is 0. The van der Waals surface area contributed by atoms with Crippen LogP contribution in [0.25, 0.3) is 0 Å². The molecule has 1 amide bonds. The van der Waals surface area contributed by atoms with Gasteiger partial charge in [0.1, 0.15) is 0 Å². The van der Waals surface area contributed by atoms with Crippen molar-refractivity contribution in [3.63, 3.8) is 0 Å². The fourth-order valence-electron chi connectivity index (χ4n) is 3.25. The first-order valence-corrected chi connectivity index (χ1v) is 7.11. The molecule has 98 valence electrons. The summed E-state index contributed by atoms with van der Waals surface area (Å²) in [5, 5.41) is 0. The van der Waals surface area contributed by atoms with E-state index in [-0.39, 0.29) is 0 Å². The lowest BCUT2D eigenvalue weighted by Crippen LogP contribution is -2.45. The molecule has 0 aromatic rings. The van der Waals surface area contributed by atoms with E-state index in [2.05, 4.69) is 30.7 Å². The fraction of sp³-hybridized carbons (Fsp3) is 0.929. The molecule has 0 N–H and O–H groups in total. The second-order valence-corrected chi connectivity index (χ2v) is 5.91. The Morgan fingerprint density at radius 2 is 1.88 bits per heavy atom. The number of amides is 1. The predicted molar refractivity (Wildman–Crippen MR) is 69.9 cm³/mol. The van der Waals surface area contributed by atoms with Gasteiger partial charge in [0.2, 0.25) is 5.91 Å². The standard InChI is InChI=1S/C14H26N2O/c1-11(2)15(3)12-6-8-13(9-7-12)16-10-4-5-14(16)17/h11-13H,4-10H2,1-3H3. The van der Waals surface area contributed by atoms with Crippen LogP contribution in [0, 0.1) is 0 Å². The Morgan fingerprint density at radius 3 is 2.35 bits per heavy atom. The zero-order chi connectivity index (χ0) is 12.4. The van der Waals surface area contributed by atoms with E-state index in [0.29, 0.717) is 18.0 Å². The molecule has 0 spiro atoms. The van der Waals surface area contributed by atoms with Gasteiger partial charge in [-0.05, 0) is 53.0 Å². The predicted octanol–water partition coefficient (Wildman–Crippen LogP) is 2.26. The van der Waals surface area contributed by atoms with Crippen molar-refractivity contribution >= 4 is 5.91 Å². The largest absolute Gasteiger partial charge is 0.340 e. The third-order valence-corrected chi connectivity index (χ3v) is 4.61. The van der Waals surface area contributed by atoms with Crippen LogP contribution < -0.4 is 0 Å². The third-order valence-electron chi connectivity index (χ3n) is 4.61. The molecule has 1 saturated heterocycles. The molecule has 0 aromatic carbocycles. The normalized spacial score (nSPS) is 30.6. The maximum Gasteiger partial charge on any atom is 0.222 e. The zero-order valence-corrected chi connectivity index (χ0v) is 11.5. The highest BCUT2D eigenvalue weighted by atomic mass is 16.2. The highest BCUT2D eigenvalue weighted by Gasteiger charge is 2.32. The first-order valence-electron chi connectivity index (χ1n) is 7.11. The Bertz CT molecular complexity index is 269. The van der Waals surface area contributed by atoms with Crippen molar-refractivity contribution in [2.75, 3.05) is 13.6 Å². The molecule has 2 aliphatic rings. The molecule has 1 aliphatic heterocycles. The molecule has 3 heteroatoms. The lowest BCUT2D eigenvalue weighted by Gasteiger charge is -2.39. The topological polar surface area (TPSA) is 23.6 Å². The molecular weight excluding hydrogens is 212 g/mol. The molecule has 2 fully saturated rings. The van der Waals surface area contributed by atoms with Gasteiger partial charge in [0.05, 0.1) is 0 Å². The number of carbonyl (C=O) groups excluding carboxylic acids is 1. The van der Waals surface area contributed by atoms with Crippen LogP contribution in [-0.2, 0) is 4.79 Å². The summed E-state index contributed by atoms with van der Waals surface area (Å²) in [6, 6.07) is 1.90. The van der Waals surface area contributed by atoms with Crippen LogP contribution in [0.2, 0.25) is 0 Å². The van der Waals surface area contributed by atoms with Gasteiger partial charge in [0, 0.05) is 31.1 Å². The van der Waals surface area contributed by atoms with E-state index >= 15 is 0 Å². The van der Waals surface area contributed by atoms with Crippen LogP contribution in [0.15, 0.2) is 0 Å². The lowest BCUT2D eigenvalue weighted by molar-refractivity contribution is -0.130. The zero-order valence-electron chi connectivity index (χ0n) is 11.5. The third kappa shape index (κ3) is 2.82. The van der Waals surface area contributed by atoms with Crippen molar-refractivity contribution in [1.82, 2.24) is 9.80 Å². The summed E-state index contributed by atoms with van der Waals surface area (Å²) in [6.45, 7) is 5.53. The van der Waals surface area contributed by atoms with Gasteiger partial charge in [-0.3, -0.25) is 4.79 Å². The van der Waals surface area contributed by atoms with E-state index < -0.39 is 0 Å². The van der Waals surface area contributed by atoms with Gasteiger partial charge in [0.25, 0.3) is 0 Å². The fourth-order valence-corrected chi connectivity index (χ4v) is 3.25. The molecule has 2 rings (SSSR count). The minimum atomic E-state index is 0.394. The van der Waals surface area contributed by atoms with E-state index in [1.54, 1.807) is 0 Å². The monoisotopic (exact) mass is 238 g/mol. The summed E-state index contributed by atoms with van der Waals surface area (Å²) in [4.78, 5) is 16.3. The Balaban J connectivity index is 1.83. The summed E-state index contributed by atoms with van der Waals surface area (Å²) in [7, 11) is 2.23. The van der Waals surface area contributed by atoms with Crippen LogP contribution in [0.5, 0.6) is 0 Å². The highest BCUT2D eigenvalue weighted by Crippen LogP contribution is 2.29. The van der Waals surface area contributed by atoms with Crippen LogP contribution in [0.4, 0.5) is 0 Å². The maximum atomic E-state index is 11.7. The summed E-state index contributed by atoms with van der Waals surface area (Å²) < 4.78 is 0. The molecule has 0 unspecified atom stereocenters. The minimum Gasteiger partial charge on any atom is -0.340 e. The molecule has 1 aliphatic carbocycles. The Labute approximate surface area is 105 Å². The van der Waals surface area contributed by atoms with Crippen LogP contribution in [-0.4, -0.2) is 47.4 Å². The van der Waals surface area contributed by atoms with Crippen molar-refractivity contribution in [3.05, 3.63) is 0 Å². The van der Waals surface area contributed by atoms with Gasteiger partial charge < -0.3 is 9.80 Å². The number of nitrogens with zero attached hydrogens (tertiary/aromatic N) is 2. The first-order chi connectivity index (χ1) is 8.09. The van der Waals surface area contributed by atoms with E-state index in [9.17, 15) is 4.79 Å². The second kappa shape index (κ2) is 5.38. The second-order valence-electron chi connectivity index (χ2n) is 5.91. The summed E-state index contributed by atoms with van der Waals surface area (Å²) >= 11 is 0. The van der Waals surface area contributed by atoms with Gasteiger partial charge in [-0.1, -0.05) is 0 Å². The molecule has 0 radical (unpaired) electrons. The minimum absolute atomic E-state index is 0.394. The van der Waals surface area contributed by atoms with Crippen molar-refractivity contribution < 1.29 is 4.79 Å². The summed E-state index contributed by atoms with van der Waals surface area (Å²) in [5.74, 6) is 0.394. The van der Waals surface area contributed by atoms with E-state index in [1.165, 1.54) is 25.7 Å². The number of carbonyl (C=O) groups is 1. The molecule has 0 atom stereocenters. The van der Waals surface area contributed by atoms with Crippen molar-refractivity contribution in [2.45, 2.75) is 70.5 Å². The van der Waals surface area contributed by atoms with Gasteiger partial charge in [-0.25, -0.2) is 0 Å². The molecule has 17 heavy (non-hydrogen) atoms. The summed E-state index contributed by atoms with van der Waals surface area (Å²) in [6.07, 6.45) is 6.77. The molecule has 3 nitrogen and oxygen atoms in total. The van der Waals surface area contributed by atoms with E-state index in [0.717, 1.165) is 25.4 Å². The van der Waals surface area contributed by atoms with Gasteiger partial charge in [0.15, 0.2) is 0 Å². The van der Waals surface area contributed by atoms with Crippen molar-refractivity contribution in [1.29, 1.82) is 0 Å². The van der Waals surface area contributed by atoms with E-state index in [4.69, 9.17) is 0 Å². The first kappa shape index (κ1) is 12.9. The van der Waals surface area contributed by atoms with Crippen LogP contribution in [0.3, 0.4) is 0 Å². The van der Waals surface area contributed by atoms with Gasteiger partial charge >= 0.3 is 0 Å². The van der Waals surface area contributed by atoms with Crippen molar-refractivity contribution in [2.24, 2.45) is 0 Å². The molecule has 0 aromatic heterocycles. The van der Waals surface area contributed by atoms with Crippen LogP contribution >= 0.6 is 0 Å². The molecule has 1 saturated carbocycles. The highest BCUT2D eigenvalue weighted by molar-refractivity contribution is 5.78. The SMILES string of the molecule is CC(C)N(C)C1CCC(N2CCCC2=O)CC1.